The van der Waals surface area contributed by atoms with Crippen molar-refractivity contribution >= 4 is 27.5 Å². The molecule has 2 heterocycles. The fourth-order valence-electron chi connectivity index (χ4n) is 2.63. The zero-order valence-electron chi connectivity index (χ0n) is 12.0. The summed E-state index contributed by atoms with van der Waals surface area (Å²) < 4.78 is 0. The van der Waals surface area contributed by atoms with Crippen LogP contribution in [0.15, 0.2) is 66.7 Å². The summed E-state index contributed by atoms with van der Waals surface area (Å²) in [6, 6.07) is 20.2. The van der Waals surface area contributed by atoms with E-state index in [0.29, 0.717) is 16.9 Å². The molecule has 0 fully saturated rings. The van der Waals surface area contributed by atoms with Gasteiger partial charge in [-0.1, -0.05) is 42.5 Å². The molecular weight excluding hydrogens is 290 g/mol. The number of pyridine rings is 2. The lowest BCUT2D eigenvalue weighted by Crippen LogP contribution is -1.97. The van der Waals surface area contributed by atoms with E-state index < -0.39 is 4.92 Å². The van der Waals surface area contributed by atoms with Gasteiger partial charge in [-0.3, -0.25) is 10.1 Å². The summed E-state index contributed by atoms with van der Waals surface area (Å²) in [6.45, 7) is 0. The predicted molar refractivity (Wildman–Crippen MR) is 89.1 cm³/mol. The fraction of sp³-hybridized carbons (Fsp3) is 0. The van der Waals surface area contributed by atoms with Gasteiger partial charge >= 0.3 is 0 Å². The number of aromatic nitrogens is 2. The lowest BCUT2D eigenvalue weighted by atomic mass is 10.1. The van der Waals surface area contributed by atoms with Gasteiger partial charge in [-0.15, -0.1) is 0 Å². The van der Waals surface area contributed by atoms with Gasteiger partial charge < -0.3 is 0 Å². The molecule has 0 atom stereocenters. The van der Waals surface area contributed by atoms with E-state index in [2.05, 4.69) is 9.97 Å². The van der Waals surface area contributed by atoms with Crippen LogP contribution >= 0.6 is 0 Å². The first kappa shape index (κ1) is 13.3. The van der Waals surface area contributed by atoms with E-state index in [-0.39, 0.29) is 5.69 Å². The molecular formula is C18H11N3O2. The van der Waals surface area contributed by atoms with Gasteiger partial charge in [-0.25, -0.2) is 9.97 Å². The third-order valence-electron chi connectivity index (χ3n) is 3.74. The molecule has 5 nitrogen and oxygen atoms in total. The van der Waals surface area contributed by atoms with E-state index in [0.717, 1.165) is 16.3 Å². The average molecular weight is 301 g/mol. The molecule has 0 aliphatic rings. The van der Waals surface area contributed by atoms with E-state index >= 15 is 0 Å². The van der Waals surface area contributed by atoms with Crippen molar-refractivity contribution < 1.29 is 4.92 Å². The summed E-state index contributed by atoms with van der Waals surface area (Å²) >= 11 is 0. The molecule has 4 aromatic rings. The standard InChI is InChI=1S/C18H11N3O2/c22-21(23)17-11-13-6-2-4-8-15(13)20-18(17)16-10-9-12-5-1-3-7-14(12)19-16/h1-11H. The Kier molecular flexibility index (Phi) is 2.98. The second-order valence-corrected chi connectivity index (χ2v) is 5.20. The lowest BCUT2D eigenvalue weighted by molar-refractivity contribution is -0.384. The molecule has 110 valence electrons. The van der Waals surface area contributed by atoms with Gasteiger partial charge in [0.25, 0.3) is 5.69 Å². The van der Waals surface area contributed by atoms with Crippen LogP contribution in [0.5, 0.6) is 0 Å². The van der Waals surface area contributed by atoms with Crippen LogP contribution < -0.4 is 0 Å². The molecule has 0 aliphatic carbocycles. The van der Waals surface area contributed by atoms with Crippen molar-refractivity contribution in [3.63, 3.8) is 0 Å². The molecule has 0 aliphatic heterocycles. The Bertz CT molecular complexity index is 1060. The quantitative estimate of drug-likeness (QED) is 0.407. The van der Waals surface area contributed by atoms with Crippen LogP contribution in [0, 0.1) is 10.1 Å². The third-order valence-corrected chi connectivity index (χ3v) is 3.74. The highest BCUT2D eigenvalue weighted by Crippen LogP contribution is 2.31. The highest BCUT2D eigenvalue weighted by atomic mass is 16.6. The van der Waals surface area contributed by atoms with Crippen LogP contribution in [0.1, 0.15) is 0 Å². The maximum absolute atomic E-state index is 11.4. The van der Waals surface area contributed by atoms with E-state index in [4.69, 9.17) is 0 Å². The van der Waals surface area contributed by atoms with E-state index in [1.165, 1.54) is 0 Å². The summed E-state index contributed by atoms with van der Waals surface area (Å²) in [5, 5.41) is 13.2. The monoisotopic (exact) mass is 301 g/mol. The summed E-state index contributed by atoms with van der Waals surface area (Å²) in [5.41, 5.74) is 2.25. The van der Waals surface area contributed by atoms with Gasteiger partial charge in [-0.2, -0.15) is 0 Å². The van der Waals surface area contributed by atoms with Gasteiger partial charge in [0.2, 0.25) is 0 Å². The summed E-state index contributed by atoms with van der Waals surface area (Å²) in [7, 11) is 0. The zero-order valence-corrected chi connectivity index (χ0v) is 12.0. The fourth-order valence-corrected chi connectivity index (χ4v) is 2.63. The van der Waals surface area contributed by atoms with Gasteiger partial charge in [0.15, 0.2) is 5.69 Å². The van der Waals surface area contributed by atoms with Gasteiger partial charge in [0.05, 0.1) is 21.7 Å². The van der Waals surface area contributed by atoms with E-state index in [9.17, 15) is 10.1 Å². The first-order valence-corrected chi connectivity index (χ1v) is 7.13. The summed E-state index contributed by atoms with van der Waals surface area (Å²) in [6.07, 6.45) is 0. The molecule has 4 rings (SSSR count). The van der Waals surface area contributed by atoms with Gasteiger partial charge in [-0.05, 0) is 18.2 Å². The maximum atomic E-state index is 11.4. The lowest BCUT2D eigenvalue weighted by Gasteiger charge is -2.05. The van der Waals surface area contributed by atoms with E-state index in [1.807, 2.05) is 54.6 Å². The minimum Gasteiger partial charge on any atom is -0.258 e. The average Bonchev–Trinajstić information content (AvgIpc) is 2.60. The Morgan fingerprint density at radius 2 is 1.43 bits per heavy atom. The second-order valence-electron chi connectivity index (χ2n) is 5.20. The topological polar surface area (TPSA) is 68.9 Å². The smallest absolute Gasteiger partial charge is 0.258 e. The van der Waals surface area contributed by atoms with Crippen LogP contribution in [-0.4, -0.2) is 14.9 Å². The van der Waals surface area contributed by atoms with Crippen molar-refractivity contribution in [3.05, 3.63) is 76.8 Å². The zero-order chi connectivity index (χ0) is 15.8. The molecule has 5 heteroatoms. The molecule has 0 spiro atoms. The van der Waals surface area contributed by atoms with Crippen molar-refractivity contribution in [2.75, 3.05) is 0 Å². The molecule has 0 amide bonds. The number of nitro groups is 1. The number of nitrogens with zero attached hydrogens (tertiary/aromatic N) is 3. The molecule has 2 aromatic heterocycles. The molecule has 0 bridgehead atoms. The molecule has 0 saturated carbocycles. The molecule has 0 radical (unpaired) electrons. The number of benzene rings is 2. The molecule has 0 unspecified atom stereocenters. The minimum absolute atomic E-state index is 0.0357. The third kappa shape index (κ3) is 2.28. The summed E-state index contributed by atoms with van der Waals surface area (Å²) in [4.78, 5) is 20.0. The normalized spacial score (nSPS) is 11.0. The maximum Gasteiger partial charge on any atom is 0.297 e. The SMILES string of the molecule is O=[N+]([O-])c1cc2ccccc2nc1-c1ccc2ccccc2n1. The van der Waals surface area contributed by atoms with Crippen LogP contribution in [0.25, 0.3) is 33.2 Å². The van der Waals surface area contributed by atoms with E-state index in [1.54, 1.807) is 12.1 Å². The van der Waals surface area contributed by atoms with Gasteiger partial charge in [0.1, 0.15) is 0 Å². The largest absolute Gasteiger partial charge is 0.297 e. The Balaban J connectivity index is 2.01. The number of hydrogen-bond donors (Lipinski definition) is 0. The number of para-hydroxylation sites is 2. The van der Waals surface area contributed by atoms with Crippen LogP contribution in [-0.2, 0) is 0 Å². The van der Waals surface area contributed by atoms with Crippen molar-refractivity contribution in [3.8, 4) is 11.4 Å². The first-order chi connectivity index (χ1) is 11.2. The minimum atomic E-state index is -0.411. The number of rotatable bonds is 2. The Hall–Kier alpha value is -3.34. The number of hydrogen-bond acceptors (Lipinski definition) is 4. The molecule has 2 aromatic carbocycles. The number of fused-ring (bicyclic) bond motifs is 2. The van der Waals surface area contributed by atoms with Crippen LogP contribution in [0.2, 0.25) is 0 Å². The van der Waals surface area contributed by atoms with Crippen molar-refractivity contribution in [1.82, 2.24) is 9.97 Å². The highest BCUT2D eigenvalue weighted by molar-refractivity contribution is 5.87. The predicted octanol–water partition coefficient (Wildman–Crippen LogP) is 4.36. The van der Waals surface area contributed by atoms with Crippen LogP contribution in [0.3, 0.4) is 0 Å². The molecule has 0 N–H and O–H groups in total. The van der Waals surface area contributed by atoms with Gasteiger partial charge in [0, 0.05) is 16.8 Å². The Morgan fingerprint density at radius 3 is 2.17 bits per heavy atom. The molecule has 23 heavy (non-hydrogen) atoms. The highest BCUT2D eigenvalue weighted by Gasteiger charge is 2.19. The van der Waals surface area contributed by atoms with Crippen LogP contribution in [0.4, 0.5) is 5.69 Å². The Morgan fingerprint density at radius 1 is 0.783 bits per heavy atom. The summed E-state index contributed by atoms with van der Waals surface area (Å²) in [5.74, 6) is 0. The second kappa shape index (κ2) is 5.14. The van der Waals surface area contributed by atoms with Crippen molar-refractivity contribution in [2.24, 2.45) is 0 Å². The Labute approximate surface area is 131 Å². The molecule has 0 saturated heterocycles. The van der Waals surface area contributed by atoms with Crippen molar-refractivity contribution in [2.45, 2.75) is 0 Å². The first-order valence-electron chi connectivity index (χ1n) is 7.13. The van der Waals surface area contributed by atoms with Crippen molar-refractivity contribution in [1.29, 1.82) is 0 Å².